The highest BCUT2D eigenvalue weighted by molar-refractivity contribution is 7.10. The van der Waals surface area contributed by atoms with Crippen LogP contribution in [0.15, 0.2) is 34.1 Å². The van der Waals surface area contributed by atoms with Gasteiger partial charge in [0, 0.05) is 10.3 Å². The smallest absolute Gasteiger partial charge is 0.152 e. The maximum atomic E-state index is 6.31. The Bertz CT molecular complexity index is 766. The summed E-state index contributed by atoms with van der Waals surface area (Å²) in [4.78, 5) is 0.932. The lowest BCUT2D eigenvalue weighted by atomic mass is 10.1. The molecular weight excluding hydrogens is 315 g/mol. The number of aryl methyl sites for hydroxylation is 1. The number of hydrazine groups is 1. The van der Waals surface area contributed by atoms with E-state index in [1.165, 1.54) is 0 Å². The van der Waals surface area contributed by atoms with Crippen molar-refractivity contribution in [3.05, 3.63) is 55.9 Å². The predicted octanol–water partition coefficient (Wildman–Crippen LogP) is 4.66. The van der Waals surface area contributed by atoms with Crippen molar-refractivity contribution in [2.24, 2.45) is 5.84 Å². The van der Waals surface area contributed by atoms with Crippen LogP contribution in [0.3, 0.4) is 0 Å². The molecule has 0 radical (unpaired) electrons. The van der Waals surface area contributed by atoms with E-state index >= 15 is 0 Å². The fourth-order valence-electron chi connectivity index (χ4n) is 2.12. The van der Waals surface area contributed by atoms with Crippen LogP contribution in [-0.2, 0) is 0 Å². The summed E-state index contributed by atoms with van der Waals surface area (Å²) in [6.45, 7) is 1.96. The molecule has 0 spiro atoms. The summed E-state index contributed by atoms with van der Waals surface area (Å²) in [5, 5.41) is 4.23. The van der Waals surface area contributed by atoms with E-state index in [1.54, 1.807) is 17.4 Å². The Hall–Kier alpha value is -1.04. The third kappa shape index (κ3) is 2.24. The molecule has 3 aromatic rings. The second kappa shape index (κ2) is 5.39. The molecule has 20 heavy (non-hydrogen) atoms. The van der Waals surface area contributed by atoms with Gasteiger partial charge in [0.25, 0.3) is 0 Å². The molecule has 3 N–H and O–H groups in total. The van der Waals surface area contributed by atoms with Crippen molar-refractivity contribution in [2.75, 3.05) is 0 Å². The summed E-state index contributed by atoms with van der Waals surface area (Å²) >= 11 is 14.0. The monoisotopic (exact) mass is 326 g/mol. The molecule has 6 heteroatoms. The first kappa shape index (κ1) is 13.9. The molecule has 1 unspecified atom stereocenters. The van der Waals surface area contributed by atoms with Gasteiger partial charge in [0.2, 0.25) is 0 Å². The predicted molar refractivity (Wildman–Crippen MR) is 84.5 cm³/mol. The van der Waals surface area contributed by atoms with Crippen LogP contribution in [0.5, 0.6) is 0 Å². The number of furan rings is 1. The summed E-state index contributed by atoms with van der Waals surface area (Å²) in [7, 11) is 0. The SMILES string of the molecule is Cc1csc(C(NN)c2cc3cccc(Cl)c3o2)c1Cl. The van der Waals surface area contributed by atoms with Crippen LogP contribution in [0, 0.1) is 6.92 Å². The number of hydrogen-bond acceptors (Lipinski definition) is 4. The van der Waals surface area contributed by atoms with Crippen LogP contribution in [0.1, 0.15) is 22.2 Å². The molecule has 1 aromatic carbocycles. The summed E-state index contributed by atoms with van der Waals surface area (Å²) < 4.78 is 5.84. The quantitative estimate of drug-likeness (QED) is 0.543. The highest BCUT2D eigenvalue weighted by atomic mass is 35.5. The number of thiophene rings is 1. The van der Waals surface area contributed by atoms with Crippen molar-refractivity contribution in [1.29, 1.82) is 0 Å². The average Bonchev–Trinajstić information content (AvgIpc) is 2.99. The van der Waals surface area contributed by atoms with E-state index in [0.29, 0.717) is 21.4 Å². The number of hydrogen-bond donors (Lipinski definition) is 2. The number of benzene rings is 1. The zero-order chi connectivity index (χ0) is 14.3. The van der Waals surface area contributed by atoms with E-state index in [9.17, 15) is 0 Å². The molecular formula is C14H12Cl2N2OS. The molecule has 0 aliphatic rings. The fourth-order valence-corrected chi connectivity index (χ4v) is 3.71. The number of nitrogens with two attached hydrogens (primary N) is 1. The van der Waals surface area contributed by atoms with Crippen LogP contribution < -0.4 is 11.3 Å². The van der Waals surface area contributed by atoms with Gasteiger partial charge in [-0.3, -0.25) is 5.84 Å². The lowest BCUT2D eigenvalue weighted by molar-refractivity contribution is 0.481. The second-order valence-corrected chi connectivity index (χ2v) is 6.20. The molecule has 0 aliphatic heterocycles. The van der Waals surface area contributed by atoms with Gasteiger partial charge >= 0.3 is 0 Å². The Morgan fingerprint density at radius 2 is 2.15 bits per heavy atom. The number of para-hydroxylation sites is 1. The summed E-state index contributed by atoms with van der Waals surface area (Å²) in [6, 6.07) is 7.27. The number of nitrogens with one attached hydrogen (secondary N) is 1. The van der Waals surface area contributed by atoms with Gasteiger partial charge in [0.1, 0.15) is 11.8 Å². The molecule has 3 rings (SSSR count). The largest absolute Gasteiger partial charge is 0.457 e. The van der Waals surface area contributed by atoms with Gasteiger partial charge in [-0.2, -0.15) is 0 Å². The Kier molecular flexibility index (Phi) is 3.75. The summed E-state index contributed by atoms with van der Waals surface area (Å²) in [6.07, 6.45) is 0. The molecule has 0 aliphatic carbocycles. The van der Waals surface area contributed by atoms with Crippen molar-refractivity contribution >= 4 is 45.5 Å². The van der Waals surface area contributed by atoms with Crippen molar-refractivity contribution in [3.63, 3.8) is 0 Å². The van der Waals surface area contributed by atoms with E-state index in [1.807, 2.05) is 30.5 Å². The van der Waals surface area contributed by atoms with E-state index in [-0.39, 0.29) is 6.04 Å². The molecule has 0 bridgehead atoms. The van der Waals surface area contributed by atoms with Gasteiger partial charge in [-0.25, -0.2) is 5.43 Å². The zero-order valence-electron chi connectivity index (χ0n) is 10.6. The Morgan fingerprint density at radius 1 is 1.35 bits per heavy atom. The molecule has 104 valence electrons. The van der Waals surface area contributed by atoms with Gasteiger partial charge in [-0.1, -0.05) is 35.3 Å². The van der Waals surface area contributed by atoms with Gasteiger partial charge in [-0.15, -0.1) is 11.3 Å². The van der Waals surface area contributed by atoms with E-state index in [4.69, 9.17) is 33.5 Å². The highest BCUT2D eigenvalue weighted by Crippen LogP contribution is 2.38. The maximum Gasteiger partial charge on any atom is 0.152 e. The van der Waals surface area contributed by atoms with Gasteiger partial charge in [0.05, 0.1) is 10.0 Å². The van der Waals surface area contributed by atoms with Crippen molar-refractivity contribution in [1.82, 2.24) is 5.43 Å². The van der Waals surface area contributed by atoms with Crippen LogP contribution in [0.2, 0.25) is 10.0 Å². The standard InChI is InChI=1S/C14H12Cl2N2OS/c1-7-6-20-14(11(7)16)12(18-17)10-5-8-3-2-4-9(15)13(8)19-10/h2-6,12,18H,17H2,1H3. The fraction of sp³-hybridized carbons (Fsp3) is 0.143. The molecule has 3 nitrogen and oxygen atoms in total. The Morgan fingerprint density at radius 3 is 2.75 bits per heavy atom. The molecule has 2 heterocycles. The normalized spacial score (nSPS) is 13.0. The van der Waals surface area contributed by atoms with Crippen molar-refractivity contribution in [3.8, 4) is 0 Å². The minimum absolute atomic E-state index is 0.287. The van der Waals surface area contributed by atoms with Crippen LogP contribution >= 0.6 is 34.5 Å². The number of fused-ring (bicyclic) bond motifs is 1. The lowest BCUT2D eigenvalue weighted by Gasteiger charge is -2.12. The minimum atomic E-state index is -0.287. The van der Waals surface area contributed by atoms with E-state index in [2.05, 4.69) is 5.43 Å². The Labute approximate surface area is 130 Å². The van der Waals surface area contributed by atoms with E-state index in [0.717, 1.165) is 15.8 Å². The first-order chi connectivity index (χ1) is 9.61. The first-order valence-corrected chi connectivity index (χ1v) is 7.63. The van der Waals surface area contributed by atoms with Crippen LogP contribution in [-0.4, -0.2) is 0 Å². The second-order valence-electron chi connectivity index (χ2n) is 4.50. The molecule has 1 atom stereocenters. The lowest BCUT2D eigenvalue weighted by Crippen LogP contribution is -2.28. The van der Waals surface area contributed by atoms with Crippen molar-refractivity contribution in [2.45, 2.75) is 13.0 Å². The van der Waals surface area contributed by atoms with E-state index < -0.39 is 0 Å². The van der Waals surface area contributed by atoms with Crippen molar-refractivity contribution < 1.29 is 4.42 Å². The average molecular weight is 327 g/mol. The highest BCUT2D eigenvalue weighted by Gasteiger charge is 2.22. The van der Waals surface area contributed by atoms with Gasteiger partial charge in [0.15, 0.2) is 5.58 Å². The zero-order valence-corrected chi connectivity index (χ0v) is 12.9. The third-order valence-electron chi connectivity index (χ3n) is 3.15. The van der Waals surface area contributed by atoms with Gasteiger partial charge < -0.3 is 4.42 Å². The molecule has 0 saturated carbocycles. The molecule has 0 fully saturated rings. The third-order valence-corrected chi connectivity index (χ3v) is 5.23. The topological polar surface area (TPSA) is 51.2 Å². The number of halogens is 2. The number of rotatable bonds is 3. The van der Waals surface area contributed by atoms with Crippen LogP contribution in [0.25, 0.3) is 11.0 Å². The minimum Gasteiger partial charge on any atom is -0.457 e. The van der Waals surface area contributed by atoms with Crippen LogP contribution in [0.4, 0.5) is 0 Å². The summed E-state index contributed by atoms with van der Waals surface area (Å²) in [5.41, 5.74) is 4.45. The first-order valence-electron chi connectivity index (χ1n) is 5.99. The molecule has 2 aromatic heterocycles. The molecule has 0 saturated heterocycles. The molecule has 0 amide bonds. The maximum absolute atomic E-state index is 6.31. The summed E-state index contributed by atoms with van der Waals surface area (Å²) in [5.74, 6) is 6.37. The Balaban J connectivity index is 2.12. The van der Waals surface area contributed by atoms with Gasteiger partial charge in [-0.05, 0) is 30.0 Å².